The number of fused-ring (bicyclic) bond motifs is 1. The van der Waals surface area contributed by atoms with Gasteiger partial charge in [0.2, 0.25) is 0 Å². The molecule has 2 aliphatic heterocycles. The maximum atomic E-state index is 12.3. The molecule has 1 aromatic carbocycles. The molecule has 4 rings (SSSR count). The van der Waals surface area contributed by atoms with Crippen LogP contribution >= 0.6 is 0 Å². The number of hydrogen-bond donors (Lipinski definition) is 2. The maximum Gasteiger partial charge on any atom is 0.319 e. The van der Waals surface area contributed by atoms with Gasteiger partial charge in [-0.25, -0.2) is 4.79 Å². The number of amides is 2. The molecule has 0 aliphatic carbocycles. The van der Waals surface area contributed by atoms with Gasteiger partial charge in [0, 0.05) is 30.8 Å². The van der Waals surface area contributed by atoms with Crippen molar-refractivity contribution in [3.05, 3.63) is 30.1 Å². The number of aryl methyl sites for hydroxylation is 1. The Balaban J connectivity index is 1.43. The molecule has 7 heteroatoms. The second-order valence-corrected chi connectivity index (χ2v) is 6.71. The van der Waals surface area contributed by atoms with Crippen molar-refractivity contribution in [1.82, 2.24) is 20.1 Å². The van der Waals surface area contributed by atoms with E-state index in [1.54, 1.807) is 0 Å². The fraction of sp³-hybridized carbons (Fsp3) is 0.500. The highest BCUT2D eigenvalue weighted by Gasteiger charge is 2.24. The van der Waals surface area contributed by atoms with Gasteiger partial charge in [-0.1, -0.05) is 12.1 Å². The van der Waals surface area contributed by atoms with Crippen molar-refractivity contribution in [2.45, 2.75) is 51.3 Å². The van der Waals surface area contributed by atoms with Gasteiger partial charge in [0.05, 0.1) is 12.1 Å². The van der Waals surface area contributed by atoms with Gasteiger partial charge < -0.3 is 19.9 Å². The van der Waals surface area contributed by atoms with Crippen molar-refractivity contribution in [2.75, 3.05) is 11.9 Å². The molecule has 0 bridgehead atoms. The van der Waals surface area contributed by atoms with Gasteiger partial charge in [-0.05, 0) is 38.3 Å². The number of benzene rings is 1. The number of hydrogen-bond acceptors (Lipinski definition) is 4. The minimum atomic E-state index is -0.216. The van der Waals surface area contributed by atoms with E-state index in [2.05, 4.69) is 25.4 Å². The van der Waals surface area contributed by atoms with Crippen molar-refractivity contribution in [3.63, 3.8) is 0 Å². The highest BCUT2D eigenvalue weighted by Crippen LogP contribution is 2.25. The standard InChI is InChI=1S/C18H23N5O2/c1-12(15-7-4-10-25-15)19-18(24)20-14-6-2-5-13(11-14)17-22-21-16-8-3-9-23(16)17/h2,5-6,11-12,15H,3-4,7-10H2,1H3,(H2,19,20,24)/t12-,15-/m1/s1. The highest BCUT2D eigenvalue weighted by molar-refractivity contribution is 5.90. The Labute approximate surface area is 146 Å². The largest absolute Gasteiger partial charge is 0.376 e. The Morgan fingerprint density at radius 3 is 3.12 bits per heavy atom. The van der Waals surface area contributed by atoms with Gasteiger partial charge in [-0.15, -0.1) is 10.2 Å². The molecule has 1 aromatic heterocycles. The lowest BCUT2D eigenvalue weighted by molar-refractivity contribution is 0.0868. The molecule has 1 saturated heterocycles. The first-order chi connectivity index (χ1) is 12.2. The van der Waals surface area contributed by atoms with Crippen LogP contribution in [0.25, 0.3) is 11.4 Å². The fourth-order valence-electron chi connectivity index (χ4n) is 3.56. The van der Waals surface area contributed by atoms with Crippen LogP contribution < -0.4 is 10.6 Å². The third-order valence-corrected chi connectivity index (χ3v) is 4.87. The van der Waals surface area contributed by atoms with Crippen LogP contribution in [0.5, 0.6) is 0 Å². The molecule has 0 saturated carbocycles. The van der Waals surface area contributed by atoms with Crippen LogP contribution in [0.15, 0.2) is 24.3 Å². The number of nitrogens with zero attached hydrogens (tertiary/aromatic N) is 3. The van der Waals surface area contributed by atoms with Crippen molar-refractivity contribution in [2.24, 2.45) is 0 Å². The summed E-state index contributed by atoms with van der Waals surface area (Å²) in [5.41, 5.74) is 1.70. The summed E-state index contributed by atoms with van der Waals surface area (Å²) < 4.78 is 7.77. The summed E-state index contributed by atoms with van der Waals surface area (Å²) in [5.74, 6) is 1.90. The number of nitrogens with one attached hydrogen (secondary N) is 2. The summed E-state index contributed by atoms with van der Waals surface area (Å²) in [5, 5.41) is 14.4. The van der Waals surface area contributed by atoms with E-state index in [4.69, 9.17) is 4.74 Å². The zero-order valence-corrected chi connectivity index (χ0v) is 14.4. The van der Waals surface area contributed by atoms with Crippen LogP contribution in [-0.2, 0) is 17.7 Å². The van der Waals surface area contributed by atoms with E-state index in [1.807, 2.05) is 31.2 Å². The molecular weight excluding hydrogens is 318 g/mol. The molecule has 0 spiro atoms. The second-order valence-electron chi connectivity index (χ2n) is 6.71. The van der Waals surface area contributed by atoms with Crippen LogP contribution in [-0.4, -0.2) is 39.5 Å². The monoisotopic (exact) mass is 341 g/mol. The quantitative estimate of drug-likeness (QED) is 0.896. The van der Waals surface area contributed by atoms with Gasteiger partial charge in [0.25, 0.3) is 0 Å². The first-order valence-electron chi connectivity index (χ1n) is 8.92. The molecule has 0 radical (unpaired) electrons. The molecule has 2 aliphatic rings. The summed E-state index contributed by atoms with van der Waals surface area (Å²) >= 11 is 0. The zero-order valence-electron chi connectivity index (χ0n) is 14.4. The van der Waals surface area contributed by atoms with Crippen LogP contribution in [0.2, 0.25) is 0 Å². The van der Waals surface area contributed by atoms with E-state index in [9.17, 15) is 4.79 Å². The molecule has 2 aromatic rings. The van der Waals surface area contributed by atoms with E-state index in [0.29, 0.717) is 0 Å². The Morgan fingerprint density at radius 1 is 1.36 bits per heavy atom. The Kier molecular flexibility index (Phi) is 4.40. The summed E-state index contributed by atoms with van der Waals surface area (Å²) in [6.45, 7) is 3.71. The van der Waals surface area contributed by atoms with Crippen LogP contribution in [0.3, 0.4) is 0 Å². The van der Waals surface area contributed by atoms with Crippen molar-refractivity contribution < 1.29 is 9.53 Å². The predicted octanol–water partition coefficient (Wildman–Crippen LogP) is 2.58. The van der Waals surface area contributed by atoms with Gasteiger partial charge >= 0.3 is 6.03 Å². The first kappa shape index (κ1) is 16.1. The predicted molar refractivity (Wildman–Crippen MR) is 94.4 cm³/mol. The molecular formula is C18H23N5O2. The van der Waals surface area contributed by atoms with Gasteiger partial charge in [0.15, 0.2) is 5.82 Å². The third kappa shape index (κ3) is 3.37. The van der Waals surface area contributed by atoms with Gasteiger partial charge in [0.1, 0.15) is 5.82 Å². The minimum absolute atomic E-state index is 0.00884. The molecule has 3 heterocycles. The SMILES string of the molecule is C[C@@H](NC(=O)Nc1cccc(-c2nnc3n2CCC3)c1)[C@H]1CCCO1. The summed E-state index contributed by atoms with van der Waals surface area (Å²) in [7, 11) is 0. The number of rotatable bonds is 4. The lowest BCUT2D eigenvalue weighted by Gasteiger charge is -2.20. The number of carbonyl (C=O) groups is 1. The zero-order chi connectivity index (χ0) is 17.2. The average Bonchev–Trinajstić information content (AvgIpc) is 3.32. The molecule has 0 unspecified atom stereocenters. The number of anilines is 1. The smallest absolute Gasteiger partial charge is 0.319 e. The van der Waals surface area contributed by atoms with E-state index in [-0.39, 0.29) is 18.2 Å². The molecule has 132 valence electrons. The summed E-state index contributed by atoms with van der Waals surface area (Å²) in [6, 6.07) is 7.50. The van der Waals surface area contributed by atoms with E-state index >= 15 is 0 Å². The minimum Gasteiger partial charge on any atom is -0.376 e. The Morgan fingerprint density at radius 2 is 2.28 bits per heavy atom. The molecule has 2 amide bonds. The first-order valence-corrected chi connectivity index (χ1v) is 8.92. The molecule has 7 nitrogen and oxygen atoms in total. The second kappa shape index (κ2) is 6.84. The molecule has 2 atom stereocenters. The number of carbonyl (C=O) groups excluding carboxylic acids is 1. The molecule has 2 N–H and O–H groups in total. The Hall–Kier alpha value is -2.41. The van der Waals surface area contributed by atoms with Crippen LogP contribution in [0, 0.1) is 0 Å². The number of ether oxygens (including phenoxy) is 1. The lowest BCUT2D eigenvalue weighted by Crippen LogP contribution is -2.42. The van der Waals surface area contributed by atoms with Gasteiger partial charge in [-0.3, -0.25) is 0 Å². The topological polar surface area (TPSA) is 81.1 Å². The van der Waals surface area contributed by atoms with Crippen molar-refractivity contribution in [3.8, 4) is 11.4 Å². The summed E-state index contributed by atoms with van der Waals surface area (Å²) in [6.07, 6.45) is 4.25. The Bertz CT molecular complexity index is 767. The van der Waals surface area contributed by atoms with Crippen LogP contribution in [0.4, 0.5) is 10.5 Å². The molecule has 1 fully saturated rings. The maximum absolute atomic E-state index is 12.3. The third-order valence-electron chi connectivity index (χ3n) is 4.87. The number of urea groups is 1. The van der Waals surface area contributed by atoms with Crippen LogP contribution in [0.1, 0.15) is 32.0 Å². The average molecular weight is 341 g/mol. The fourth-order valence-corrected chi connectivity index (χ4v) is 3.56. The normalized spacial score (nSPS) is 20.3. The summed E-state index contributed by atoms with van der Waals surface area (Å²) in [4.78, 5) is 12.3. The number of aromatic nitrogens is 3. The van der Waals surface area contributed by atoms with E-state index in [0.717, 1.165) is 61.7 Å². The van der Waals surface area contributed by atoms with E-state index < -0.39 is 0 Å². The molecule has 25 heavy (non-hydrogen) atoms. The van der Waals surface area contributed by atoms with Crippen molar-refractivity contribution in [1.29, 1.82) is 0 Å². The van der Waals surface area contributed by atoms with Gasteiger partial charge in [-0.2, -0.15) is 0 Å². The van der Waals surface area contributed by atoms with E-state index in [1.165, 1.54) is 0 Å². The van der Waals surface area contributed by atoms with Crippen molar-refractivity contribution >= 4 is 11.7 Å². The lowest BCUT2D eigenvalue weighted by atomic mass is 10.1. The highest BCUT2D eigenvalue weighted by atomic mass is 16.5.